The van der Waals surface area contributed by atoms with Crippen LogP contribution in [0, 0.1) is 0 Å². The number of ether oxygens (including phenoxy) is 2. The molecular weight excluding hydrogens is 204 g/mol. The van der Waals surface area contributed by atoms with Gasteiger partial charge in [-0.1, -0.05) is 0 Å². The molecule has 0 radical (unpaired) electrons. The molecular formula is C12H26N2O2. The minimum absolute atomic E-state index is 0.121. The van der Waals surface area contributed by atoms with Crippen LogP contribution in [0.2, 0.25) is 0 Å². The van der Waals surface area contributed by atoms with Crippen LogP contribution in [-0.2, 0) is 9.47 Å². The van der Waals surface area contributed by atoms with Crippen LogP contribution >= 0.6 is 0 Å². The second-order valence-corrected chi connectivity index (χ2v) is 4.74. The Morgan fingerprint density at radius 2 is 2.00 bits per heavy atom. The van der Waals surface area contributed by atoms with Crippen LogP contribution in [0.1, 0.15) is 26.7 Å². The maximum Gasteiger partial charge on any atom is 0.169 e. The maximum absolute atomic E-state index is 5.26. The number of nitrogens with one attached hydrogen (secondary N) is 1. The standard InChI is InChI=1S/C12H26N2O2/c1-10(2)14(9-12(15-3)16-4)8-11-6-5-7-13-11/h10-13H,5-9H2,1-4H3. The van der Waals surface area contributed by atoms with E-state index in [2.05, 4.69) is 24.1 Å². The molecule has 1 fully saturated rings. The van der Waals surface area contributed by atoms with E-state index in [4.69, 9.17) is 9.47 Å². The molecule has 0 saturated carbocycles. The van der Waals surface area contributed by atoms with Crippen molar-refractivity contribution in [2.45, 2.75) is 45.1 Å². The summed E-state index contributed by atoms with van der Waals surface area (Å²) in [4.78, 5) is 2.42. The van der Waals surface area contributed by atoms with E-state index >= 15 is 0 Å². The highest BCUT2D eigenvalue weighted by atomic mass is 16.7. The number of methoxy groups -OCH3 is 2. The fourth-order valence-electron chi connectivity index (χ4n) is 2.13. The summed E-state index contributed by atoms with van der Waals surface area (Å²) < 4.78 is 10.5. The van der Waals surface area contributed by atoms with E-state index in [1.165, 1.54) is 12.8 Å². The predicted molar refractivity (Wildman–Crippen MR) is 65.5 cm³/mol. The highest BCUT2D eigenvalue weighted by Crippen LogP contribution is 2.10. The zero-order valence-electron chi connectivity index (χ0n) is 11.0. The Balaban J connectivity index is 2.39. The van der Waals surface area contributed by atoms with E-state index in [1.54, 1.807) is 14.2 Å². The topological polar surface area (TPSA) is 33.7 Å². The summed E-state index contributed by atoms with van der Waals surface area (Å²) in [7, 11) is 3.39. The summed E-state index contributed by atoms with van der Waals surface area (Å²) in [5.74, 6) is 0. The molecule has 4 nitrogen and oxygen atoms in total. The Kier molecular flexibility index (Phi) is 6.28. The quantitative estimate of drug-likeness (QED) is 0.663. The first-order valence-corrected chi connectivity index (χ1v) is 6.20. The Bertz CT molecular complexity index is 174. The van der Waals surface area contributed by atoms with Gasteiger partial charge in [-0.25, -0.2) is 0 Å². The van der Waals surface area contributed by atoms with Gasteiger partial charge in [0.25, 0.3) is 0 Å². The Hall–Kier alpha value is -0.160. The van der Waals surface area contributed by atoms with E-state index in [-0.39, 0.29) is 6.29 Å². The zero-order chi connectivity index (χ0) is 12.0. The molecule has 96 valence electrons. The summed E-state index contributed by atoms with van der Waals surface area (Å²) in [6.45, 7) is 7.52. The van der Waals surface area contributed by atoms with Crippen LogP contribution < -0.4 is 5.32 Å². The van der Waals surface area contributed by atoms with Gasteiger partial charge >= 0.3 is 0 Å². The lowest BCUT2D eigenvalue weighted by molar-refractivity contribution is -0.119. The molecule has 1 aliphatic rings. The van der Waals surface area contributed by atoms with Crippen molar-refractivity contribution in [3.8, 4) is 0 Å². The molecule has 0 spiro atoms. The Morgan fingerprint density at radius 3 is 2.44 bits per heavy atom. The van der Waals surface area contributed by atoms with Crippen molar-refractivity contribution < 1.29 is 9.47 Å². The third-order valence-corrected chi connectivity index (χ3v) is 3.26. The largest absolute Gasteiger partial charge is 0.355 e. The molecule has 16 heavy (non-hydrogen) atoms. The summed E-state index contributed by atoms with van der Waals surface area (Å²) in [5, 5.41) is 3.53. The first-order chi connectivity index (χ1) is 7.67. The highest BCUT2D eigenvalue weighted by Gasteiger charge is 2.21. The molecule has 1 N–H and O–H groups in total. The van der Waals surface area contributed by atoms with Crippen molar-refractivity contribution in [1.82, 2.24) is 10.2 Å². The van der Waals surface area contributed by atoms with E-state index in [1.807, 2.05) is 0 Å². The van der Waals surface area contributed by atoms with Gasteiger partial charge in [-0.2, -0.15) is 0 Å². The summed E-state index contributed by atoms with van der Waals surface area (Å²) in [5.41, 5.74) is 0. The van der Waals surface area contributed by atoms with Gasteiger partial charge in [-0.3, -0.25) is 4.90 Å². The summed E-state index contributed by atoms with van der Waals surface area (Å²) in [6.07, 6.45) is 2.46. The fraction of sp³-hybridized carbons (Fsp3) is 1.00. The highest BCUT2D eigenvalue weighted by molar-refractivity contribution is 4.79. The third kappa shape index (κ3) is 4.37. The SMILES string of the molecule is COC(CN(CC1CCCN1)C(C)C)OC. The van der Waals surface area contributed by atoms with Crippen molar-refractivity contribution in [1.29, 1.82) is 0 Å². The summed E-state index contributed by atoms with van der Waals surface area (Å²) in [6, 6.07) is 1.16. The van der Waals surface area contributed by atoms with Gasteiger partial charge < -0.3 is 14.8 Å². The van der Waals surface area contributed by atoms with Crippen LogP contribution in [0.4, 0.5) is 0 Å². The average molecular weight is 230 g/mol. The van der Waals surface area contributed by atoms with Gasteiger partial charge in [0.2, 0.25) is 0 Å². The lowest BCUT2D eigenvalue weighted by Crippen LogP contribution is -2.45. The molecule has 0 aromatic rings. The van der Waals surface area contributed by atoms with Crippen LogP contribution in [0.3, 0.4) is 0 Å². The average Bonchev–Trinajstić information content (AvgIpc) is 2.76. The lowest BCUT2D eigenvalue weighted by Gasteiger charge is -2.31. The Morgan fingerprint density at radius 1 is 1.31 bits per heavy atom. The molecule has 0 bridgehead atoms. The lowest BCUT2D eigenvalue weighted by atomic mass is 10.2. The molecule has 1 rings (SSSR count). The van der Waals surface area contributed by atoms with Crippen molar-refractivity contribution in [3.63, 3.8) is 0 Å². The van der Waals surface area contributed by atoms with E-state index in [9.17, 15) is 0 Å². The molecule has 0 amide bonds. The van der Waals surface area contributed by atoms with Gasteiger partial charge in [0.1, 0.15) is 0 Å². The second-order valence-electron chi connectivity index (χ2n) is 4.74. The Labute approximate surface area is 99.3 Å². The smallest absolute Gasteiger partial charge is 0.169 e. The van der Waals surface area contributed by atoms with E-state index < -0.39 is 0 Å². The first kappa shape index (κ1) is 13.9. The van der Waals surface area contributed by atoms with Gasteiger partial charge in [-0.05, 0) is 33.2 Å². The van der Waals surface area contributed by atoms with Crippen molar-refractivity contribution >= 4 is 0 Å². The van der Waals surface area contributed by atoms with Gasteiger partial charge in [-0.15, -0.1) is 0 Å². The first-order valence-electron chi connectivity index (χ1n) is 6.20. The van der Waals surface area contributed by atoms with Gasteiger partial charge in [0, 0.05) is 39.4 Å². The van der Waals surface area contributed by atoms with Gasteiger partial charge in [0.15, 0.2) is 6.29 Å². The summed E-state index contributed by atoms with van der Waals surface area (Å²) >= 11 is 0. The molecule has 1 saturated heterocycles. The van der Waals surface area contributed by atoms with Crippen molar-refractivity contribution in [3.05, 3.63) is 0 Å². The van der Waals surface area contributed by atoms with Crippen molar-refractivity contribution in [2.75, 3.05) is 33.9 Å². The minimum atomic E-state index is -0.121. The third-order valence-electron chi connectivity index (χ3n) is 3.26. The van der Waals surface area contributed by atoms with Crippen LogP contribution in [0.25, 0.3) is 0 Å². The second kappa shape index (κ2) is 7.22. The van der Waals surface area contributed by atoms with Crippen molar-refractivity contribution in [2.24, 2.45) is 0 Å². The number of hydrogen-bond acceptors (Lipinski definition) is 4. The molecule has 0 aliphatic carbocycles. The minimum Gasteiger partial charge on any atom is -0.355 e. The molecule has 1 atom stereocenters. The molecule has 1 heterocycles. The molecule has 1 aliphatic heterocycles. The molecule has 0 aromatic carbocycles. The zero-order valence-corrected chi connectivity index (χ0v) is 11.0. The molecule has 0 aromatic heterocycles. The molecule has 1 unspecified atom stereocenters. The predicted octanol–water partition coefficient (Wildman–Crippen LogP) is 1.07. The van der Waals surface area contributed by atoms with Crippen LogP contribution in [-0.4, -0.2) is 57.1 Å². The van der Waals surface area contributed by atoms with E-state index in [0.717, 1.165) is 19.6 Å². The van der Waals surface area contributed by atoms with Crippen LogP contribution in [0.5, 0.6) is 0 Å². The fourth-order valence-corrected chi connectivity index (χ4v) is 2.13. The van der Waals surface area contributed by atoms with Gasteiger partial charge in [0.05, 0.1) is 0 Å². The number of nitrogens with zero attached hydrogens (tertiary/aromatic N) is 1. The maximum atomic E-state index is 5.26. The normalized spacial score (nSPS) is 21.6. The van der Waals surface area contributed by atoms with Crippen LogP contribution in [0.15, 0.2) is 0 Å². The monoisotopic (exact) mass is 230 g/mol. The number of rotatable bonds is 7. The van der Waals surface area contributed by atoms with E-state index in [0.29, 0.717) is 12.1 Å². The molecule has 4 heteroatoms. The number of hydrogen-bond donors (Lipinski definition) is 1.